The van der Waals surface area contributed by atoms with Crippen LogP contribution < -0.4 is 5.43 Å². The average molecular weight is 447 g/mol. The second-order valence-corrected chi connectivity index (χ2v) is 6.84. The van der Waals surface area contributed by atoms with Crippen LogP contribution in [0.4, 0.5) is 13.2 Å². The minimum Gasteiger partial charge on any atom is -0.464 e. The molecule has 0 aliphatic rings. The van der Waals surface area contributed by atoms with Gasteiger partial charge in [-0.25, -0.2) is 22.8 Å². The molecule has 0 amide bonds. The molecular formula is C23H20F3NO5. The van der Waals surface area contributed by atoms with E-state index in [2.05, 4.69) is 0 Å². The summed E-state index contributed by atoms with van der Waals surface area (Å²) in [6, 6.07) is 7.84. The molecule has 0 radical (unpaired) electrons. The van der Waals surface area contributed by atoms with Crippen LogP contribution in [0.3, 0.4) is 0 Å². The highest BCUT2D eigenvalue weighted by atomic mass is 19.2. The minimum atomic E-state index is -1.81. The lowest BCUT2D eigenvalue weighted by molar-refractivity contribution is -0.147. The van der Waals surface area contributed by atoms with Crippen LogP contribution in [-0.4, -0.2) is 29.7 Å². The molecule has 9 heteroatoms. The van der Waals surface area contributed by atoms with Crippen LogP contribution in [0.1, 0.15) is 35.8 Å². The molecule has 0 bridgehead atoms. The van der Waals surface area contributed by atoms with E-state index < -0.39 is 57.3 Å². The molecule has 32 heavy (non-hydrogen) atoms. The largest absolute Gasteiger partial charge is 0.464 e. The smallest absolute Gasteiger partial charge is 0.343 e. The third kappa shape index (κ3) is 4.37. The Kier molecular flexibility index (Phi) is 6.97. The van der Waals surface area contributed by atoms with Gasteiger partial charge in [-0.3, -0.25) is 4.79 Å². The Morgan fingerprint density at radius 1 is 1.00 bits per heavy atom. The zero-order valence-corrected chi connectivity index (χ0v) is 17.4. The van der Waals surface area contributed by atoms with Crippen LogP contribution in [0.15, 0.2) is 47.4 Å². The number of esters is 2. The lowest BCUT2D eigenvalue weighted by atomic mass is 10.0. The van der Waals surface area contributed by atoms with Crippen molar-refractivity contribution in [3.63, 3.8) is 0 Å². The Balaban J connectivity index is 2.36. The zero-order valence-electron chi connectivity index (χ0n) is 17.4. The fourth-order valence-electron chi connectivity index (χ4n) is 3.39. The number of carbonyl (C=O) groups excluding carboxylic acids is 2. The summed E-state index contributed by atoms with van der Waals surface area (Å²) < 4.78 is 53.9. The van der Waals surface area contributed by atoms with Crippen molar-refractivity contribution in [2.24, 2.45) is 0 Å². The van der Waals surface area contributed by atoms with Crippen molar-refractivity contribution in [3.05, 3.63) is 81.4 Å². The van der Waals surface area contributed by atoms with E-state index >= 15 is 0 Å². The summed E-state index contributed by atoms with van der Waals surface area (Å²) >= 11 is 0. The molecule has 168 valence electrons. The molecule has 0 spiro atoms. The van der Waals surface area contributed by atoms with Crippen molar-refractivity contribution >= 4 is 22.8 Å². The number of hydrogen-bond acceptors (Lipinski definition) is 5. The first kappa shape index (κ1) is 23.1. The molecule has 0 saturated heterocycles. The fraction of sp³-hybridized carbons (Fsp3) is 0.261. The summed E-state index contributed by atoms with van der Waals surface area (Å²) in [5.41, 5.74) is -1.60. The number of aromatic nitrogens is 1. The van der Waals surface area contributed by atoms with Crippen LogP contribution in [0.2, 0.25) is 0 Å². The molecule has 3 rings (SSSR count). The number of ether oxygens (including phenoxy) is 2. The van der Waals surface area contributed by atoms with Crippen molar-refractivity contribution in [1.29, 1.82) is 0 Å². The fourth-order valence-corrected chi connectivity index (χ4v) is 3.39. The van der Waals surface area contributed by atoms with Crippen LogP contribution in [0, 0.1) is 17.5 Å². The van der Waals surface area contributed by atoms with E-state index in [4.69, 9.17) is 9.47 Å². The number of rotatable bonds is 7. The predicted octanol–water partition coefficient (Wildman–Crippen LogP) is 3.94. The number of halogens is 3. The highest BCUT2D eigenvalue weighted by molar-refractivity contribution is 5.94. The average Bonchev–Trinajstić information content (AvgIpc) is 2.77. The summed E-state index contributed by atoms with van der Waals surface area (Å²) in [7, 11) is 0. The lowest BCUT2D eigenvalue weighted by Crippen LogP contribution is -2.29. The number of benzene rings is 2. The molecule has 0 N–H and O–H groups in total. The van der Waals surface area contributed by atoms with Gasteiger partial charge in [0.05, 0.1) is 24.1 Å². The Labute approximate surface area is 181 Å². The van der Waals surface area contributed by atoms with Gasteiger partial charge in [0.25, 0.3) is 0 Å². The second-order valence-electron chi connectivity index (χ2n) is 6.84. The van der Waals surface area contributed by atoms with Gasteiger partial charge < -0.3 is 14.0 Å². The molecule has 1 unspecified atom stereocenters. The Morgan fingerprint density at radius 3 is 2.28 bits per heavy atom. The van der Waals surface area contributed by atoms with Crippen LogP contribution in [0.25, 0.3) is 10.9 Å². The van der Waals surface area contributed by atoms with Gasteiger partial charge in [0.15, 0.2) is 17.5 Å². The van der Waals surface area contributed by atoms with Crippen molar-refractivity contribution in [2.45, 2.75) is 26.3 Å². The topological polar surface area (TPSA) is 74.6 Å². The van der Waals surface area contributed by atoms with Crippen molar-refractivity contribution < 1.29 is 32.2 Å². The van der Waals surface area contributed by atoms with Gasteiger partial charge in [0.1, 0.15) is 11.6 Å². The highest BCUT2D eigenvalue weighted by Crippen LogP contribution is 2.27. The molecular weight excluding hydrogens is 427 g/mol. The molecule has 0 aliphatic heterocycles. The van der Waals surface area contributed by atoms with E-state index in [0.717, 1.165) is 10.8 Å². The van der Waals surface area contributed by atoms with Crippen molar-refractivity contribution in [1.82, 2.24) is 4.57 Å². The van der Waals surface area contributed by atoms with E-state index in [0.29, 0.717) is 11.6 Å². The first-order valence-electron chi connectivity index (χ1n) is 9.90. The Hall–Kier alpha value is -3.62. The van der Waals surface area contributed by atoms with Crippen molar-refractivity contribution in [2.75, 3.05) is 13.2 Å². The van der Waals surface area contributed by atoms with Crippen LogP contribution in [0.5, 0.6) is 0 Å². The molecule has 0 saturated carbocycles. The van der Waals surface area contributed by atoms with E-state index in [1.54, 1.807) is 37.3 Å². The second kappa shape index (κ2) is 9.67. The van der Waals surface area contributed by atoms with Gasteiger partial charge >= 0.3 is 11.9 Å². The molecule has 1 aromatic heterocycles. The summed E-state index contributed by atoms with van der Waals surface area (Å²) in [5.74, 6) is -6.91. The molecule has 0 aliphatic carbocycles. The summed E-state index contributed by atoms with van der Waals surface area (Å²) in [6.45, 7) is 3.02. The van der Waals surface area contributed by atoms with Gasteiger partial charge in [-0.1, -0.05) is 30.3 Å². The number of pyridine rings is 1. The number of nitrogens with zero attached hydrogens (tertiary/aromatic N) is 1. The van der Waals surface area contributed by atoms with Crippen molar-refractivity contribution in [3.8, 4) is 0 Å². The third-order valence-electron chi connectivity index (χ3n) is 4.81. The highest BCUT2D eigenvalue weighted by Gasteiger charge is 2.29. The summed E-state index contributed by atoms with van der Waals surface area (Å²) in [6.07, 6.45) is 0.895. The maximum atomic E-state index is 14.9. The molecule has 1 atom stereocenters. The van der Waals surface area contributed by atoms with Crippen LogP contribution >= 0.6 is 0 Å². The molecule has 1 heterocycles. The lowest BCUT2D eigenvalue weighted by Gasteiger charge is -2.22. The maximum Gasteiger partial charge on any atom is 0.343 e. The molecule has 2 aromatic carbocycles. The minimum absolute atomic E-state index is 0.00153. The number of carbonyl (C=O) groups is 2. The van der Waals surface area contributed by atoms with Crippen LogP contribution in [-0.2, 0) is 20.7 Å². The third-order valence-corrected chi connectivity index (χ3v) is 4.81. The summed E-state index contributed by atoms with van der Waals surface area (Å²) in [5, 5.41) is -0.602. The molecule has 6 nitrogen and oxygen atoms in total. The predicted molar refractivity (Wildman–Crippen MR) is 110 cm³/mol. The first-order chi connectivity index (χ1) is 15.3. The zero-order chi connectivity index (χ0) is 23.4. The van der Waals surface area contributed by atoms with E-state index in [1.807, 2.05) is 0 Å². The van der Waals surface area contributed by atoms with E-state index in [9.17, 15) is 27.6 Å². The van der Waals surface area contributed by atoms with Gasteiger partial charge in [-0.05, 0) is 25.5 Å². The SMILES string of the molecule is CCOC(=O)c1cn(C(Cc2ccccc2)C(=O)OCC)c2c(F)c(F)c(F)cc2c1=O. The van der Waals surface area contributed by atoms with Gasteiger partial charge in [0.2, 0.25) is 5.43 Å². The quantitative estimate of drug-likeness (QED) is 0.405. The Bertz CT molecular complexity index is 1220. The van der Waals surface area contributed by atoms with E-state index in [-0.39, 0.29) is 19.6 Å². The molecule has 3 aromatic rings. The summed E-state index contributed by atoms with van der Waals surface area (Å²) in [4.78, 5) is 38.0. The monoisotopic (exact) mass is 447 g/mol. The van der Waals surface area contributed by atoms with Gasteiger partial charge in [0, 0.05) is 12.6 Å². The van der Waals surface area contributed by atoms with Gasteiger partial charge in [-0.2, -0.15) is 0 Å². The number of fused-ring (bicyclic) bond motifs is 1. The maximum absolute atomic E-state index is 14.9. The number of hydrogen-bond donors (Lipinski definition) is 0. The standard InChI is InChI=1S/C23H20F3NO5/c1-3-31-22(29)15-12-27(20-14(21(15)28)11-16(24)18(25)19(20)26)17(23(30)32-4-2)10-13-8-6-5-7-9-13/h5-9,11-12,17H,3-4,10H2,1-2H3. The van der Waals surface area contributed by atoms with Gasteiger partial charge in [-0.15, -0.1) is 0 Å². The Morgan fingerprint density at radius 2 is 1.66 bits per heavy atom. The van der Waals surface area contributed by atoms with E-state index in [1.165, 1.54) is 6.92 Å². The molecule has 0 fully saturated rings. The first-order valence-corrected chi connectivity index (χ1v) is 9.90. The normalized spacial score (nSPS) is 11.9.